The van der Waals surface area contributed by atoms with Gasteiger partial charge in [0.15, 0.2) is 0 Å². The first-order chi connectivity index (χ1) is 13.0. The van der Waals surface area contributed by atoms with E-state index in [0.29, 0.717) is 19.7 Å². The first kappa shape index (κ1) is 19.0. The molecular formula is C21H22FN3O2. The third-order valence-electron chi connectivity index (χ3n) is 4.57. The standard InChI is InChI=1S/C21H22FN3O2/c1-24(2)14-19-20(16-6-4-3-5-7-16)25(8-9-27-19)21(26)17-10-15(13-23)11-18(22)12-17/h3-7,10-12,19-20H,8-9,14H2,1-2H3/t19-,20-/m0/s1. The van der Waals surface area contributed by atoms with Crippen molar-refractivity contribution in [3.05, 3.63) is 71.0 Å². The average molecular weight is 367 g/mol. The molecule has 2 aromatic rings. The van der Waals surface area contributed by atoms with Gasteiger partial charge in [0.1, 0.15) is 5.82 Å². The lowest BCUT2D eigenvalue weighted by atomic mass is 9.96. The number of benzene rings is 2. The molecule has 1 aliphatic heterocycles. The predicted molar refractivity (Wildman–Crippen MR) is 99.6 cm³/mol. The molecule has 0 radical (unpaired) electrons. The second-order valence-corrected chi connectivity index (χ2v) is 6.87. The summed E-state index contributed by atoms with van der Waals surface area (Å²) in [7, 11) is 3.91. The molecule has 3 rings (SSSR count). The molecule has 1 amide bonds. The van der Waals surface area contributed by atoms with E-state index >= 15 is 0 Å². The fraction of sp³-hybridized carbons (Fsp3) is 0.333. The van der Waals surface area contributed by atoms with Crippen LogP contribution in [0.3, 0.4) is 0 Å². The molecule has 0 N–H and O–H groups in total. The van der Waals surface area contributed by atoms with Crippen LogP contribution in [0.25, 0.3) is 0 Å². The Labute approximate surface area is 158 Å². The Morgan fingerprint density at radius 1 is 1.30 bits per heavy atom. The number of nitriles is 1. The third-order valence-corrected chi connectivity index (χ3v) is 4.57. The maximum Gasteiger partial charge on any atom is 0.254 e. The second kappa shape index (κ2) is 8.30. The van der Waals surface area contributed by atoms with Gasteiger partial charge < -0.3 is 14.5 Å². The summed E-state index contributed by atoms with van der Waals surface area (Å²) < 4.78 is 19.8. The highest BCUT2D eigenvalue weighted by molar-refractivity contribution is 5.95. The largest absolute Gasteiger partial charge is 0.373 e. The maximum atomic E-state index is 13.9. The van der Waals surface area contributed by atoms with Gasteiger partial charge in [-0.25, -0.2) is 4.39 Å². The number of carbonyl (C=O) groups excluding carboxylic acids is 1. The van der Waals surface area contributed by atoms with E-state index in [9.17, 15) is 9.18 Å². The molecule has 2 atom stereocenters. The number of halogens is 1. The number of rotatable bonds is 4. The quantitative estimate of drug-likeness (QED) is 0.834. The second-order valence-electron chi connectivity index (χ2n) is 6.87. The predicted octanol–water partition coefficient (Wildman–Crippen LogP) is 2.84. The highest BCUT2D eigenvalue weighted by Crippen LogP contribution is 2.31. The minimum atomic E-state index is -0.591. The van der Waals surface area contributed by atoms with Crippen LogP contribution in [0.2, 0.25) is 0 Å². The van der Waals surface area contributed by atoms with Gasteiger partial charge in [-0.05, 0) is 37.9 Å². The molecule has 0 unspecified atom stereocenters. The molecule has 6 heteroatoms. The summed E-state index contributed by atoms with van der Waals surface area (Å²) in [5.41, 5.74) is 1.28. The van der Waals surface area contributed by atoms with Crippen molar-refractivity contribution in [2.24, 2.45) is 0 Å². The number of nitrogens with zero attached hydrogens (tertiary/aromatic N) is 3. The van der Waals surface area contributed by atoms with Crippen LogP contribution in [0.1, 0.15) is 27.5 Å². The number of hydrogen-bond acceptors (Lipinski definition) is 4. The van der Waals surface area contributed by atoms with Crippen molar-refractivity contribution >= 4 is 5.91 Å². The Kier molecular flexibility index (Phi) is 5.84. The Morgan fingerprint density at radius 2 is 2.04 bits per heavy atom. The third kappa shape index (κ3) is 4.33. The number of ether oxygens (including phenoxy) is 1. The van der Waals surface area contributed by atoms with Crippen molar-refractivity contribution in [3.8, 4) is 6.07 Å². The van der Waals surface area contributed by atoms with Gasteiger partial charge in [0.05, 0.1) is 30.4 Å². The molecule has 1 aliphatic rings. The lowest BCUT2D eigenvalue weighted by Crippen LogP contribution is -2.51. The van der Waals surface area contributed by atoms with E-state index in [4.69, 9.17) is 10.00 Å². The normalized spacial score (nSPS) is 19.7. The van der Waals surface area contributed by atoms with Gasteiger partial charge in [-0.2, -0.15) is 5.26 Å². The van der Waals surface area contributed by atoms with Gasteiger partial charge in [0.2, 0.25) is 0 Å². The van der Waals surface area contributed by atoms with Gasteiger partial charge in [0, 0.05) is 18.7 Å². The first-order valence-corrected chi connectivity index (χ1v) is 8.82. The van der Waals surface area contributed by atoms with E-state index in [0.717, 1.165) is 11.6 Å². The minimum Gasteiger partial charge on any atom is -0.373 e. The topological polar surface area (TPSA) is 56.6 Å². The zero-order valence-corrected chi connectivity index (χ0v) is 15.4. The lowest BCUT2D eigenvalue weighted by molar-refractivity contribution is -0.0684. The van der Waals surface area contributed by atoms with Gasteiger partial charge in [0.25, 0.3) is 5.91 Å². The average Bonchev–Trinajstić information content (AvgIpc) is 2.67. The number of morpholine rings is 1. The molecule has 0 spiro atoms. The molecular weight excluding hydrogens is 345 g/mol. The van der Waals surface area contributed by atoms with Gasteiger partial charge in [-0.3, -0.25) is 4.79 Å². The minimum absolute atomic E-state index is 0.132. The molecule has 140 valence electrons. The maximum absolute atomic E-state index is 13.9. The Hall–Kier alpha value is -2.75. The van der Waals surface area contributed by atoms with Crippen molar-refractivity contribution in [2.75, 3.05) is 33.8 Å². The van der Waals surface area contributed by atoms with Crippen LogP contribution in [0, 0.1) is 17.1 Å². The molecule has 0 aromatic heterocycles. The van der Waals surface area contributed by atoms with Crippen molar-refractivity contribution in [2.45, 2.75) is 12.1 Å². The molecule has 1 fully saturated rings. The van der Waals surface area contributed by atoms with E-state index < -0.39 is 5.82 Å². The summed E-state index contributed by atoms with van der Waals surface area (Å²) in [5, 5.41) is 9.08. The summed E-state index contributed by atoms with van der Waals surface area (Å²) in [5.74, 6) is -0.890. The summed E-state index contributed by atoms with van der Waals surface area (Å²) in [4.78, 5) is 17.0. The van der Waals surface area contributed by atoms with Gasteiger partial charge >= 0.3 is 0 Å². The molecule has 1 heterocycles. The Balaban J connectivity index is 1.99. The molecule has 0 saturated carbocycles. The Morgan fingerprint density at radius 3 is 2.70 bits per heavy atom. The van der Waals surface area contributed by atoms with Crippen molar-refractivity contribution in [1.29, 1.82) is 5.26 Å². The smallest absolute Gasteiger partial charge is 0.254 e. The van der Waals surface area contributed by atoms with Gasteiger partial charge in [-0.1, -0.05) is 30.3 Å². The van der Waals surface area contributed by atoms with Crippen LogP contribution in [0.4, 0.5) is 4.39 Å². The van der Waals surface area contributed by atoms with E-state index in [1.165, 1.54) is 12.1 Å². The number of carbonyl (C=O) groups is 1. The van der Waals surface area contributed by atoms with Crippen LogP contribution in [-0.4, -0.2) is 55.6 Å². The van der Waals surface area contributed by atoms with Crippen molar-refractivity contribution in [3.63, 3.8) is 0 Å². The molecule has 5 nitrogen and oxygen atoms in total. The first-order valence-electron chi connectivity index (χ1n) is 8.82. The zero-order valence-electron chi connectivity index (χ0n) is 15.4. The molecule has 1 saturated heterocycles. The monoisotopic (exact) mass is 367 g/mol. The highest BCUT2D eigenvalue weighted by Gasteiger charge is 2.37. The molecule has 0 bridgehead atoms. The zero-order chi connectivity index (χ0) is 19.4. The highest BCUT2D eigenvalue weighted by atomic mass is 19.1. The van der Waals surface area contributed by atoms with E-state index in [-0.39, 0.29) is 29.2 Å². The van der Waals surface area contributed by atoms with Crippen LogP contribution < -0.4 is 0 Å². The van der Waals surface area contributed by atoms with Crippen molar-refractivity contribution < 1.29 is 13.9 Å². The number of hydrogen-bond donors (Lipinski definition) is 0. The van der Waals surface area contributed by atoms with Crippen LogP contribution in [0.5, 0.6) is 0 Å². The van der Waals surface area contributed by atoms with E-state index in [1.54, 1.807) is 4.90 Å². The van der Waals surface area contributed by atoms with Crippen LogP contribution in [-0.2, 0) is 4.74 Å². The lowest BCUT2D eigenvalue weighted by Gasteiger charge is -2.42. The van der Waals surface area contributed by atoms with Crippen LogP contribution in [0.15, 0.2) is 48.5 Å². The fourth-order valence-corrected chi connectivity index (χ4v) is 3.46. The molecule has 2 aromatic carbocycles. The van der Waals surface area contributed by atoms with E-state index in [1.807, 2.05) is 55.4 Å². The number of likely N-dealkylation sites (N-methyl/N-ethyl adjacent to an activating group) is 1. The number of amides is 1. The summed E-state index contributed by atoms with van der Waals surface area (Å²) >= 11 is 0. The van der Waals surface area contributed by atoms with Gasteiger partial charge in [-0.15, -0.1) is 0 Å². The summed E-state index contributed by atoms with van der Waals surface area (Å²) in [6, 6.07) is 15.1. The fourth-order valence-electron chi connectivity index (χ4n) is 3.46. The summed E-state index contributed by atoms with van der Waals surface area (Å²) in [6.45, 7) is 1.46. The van der Waals surface area contributed by atoms with Crippen LogP contribution >= 0.6 is 0 Å². The Bertz CT molecular complexity index is 848. The van der Waals surface area contributed by atoms with Crippen molar-refractivity contribution in [1.82, 2.24) is 9.80 Å². The SMILES string of the molecule is CN(C)C[C@@H]1OCCN(C(=O)c2cc(F)cc(C#N)c2)[C@H]1c1ccccc1. The summed E-state index contributed by atoms with van der Waals surface area (Å²) in [6.07, 6.45) is -0.205. The molecule has 0 aliphatic carbocycles. The molecule has 27 heavy (non-hydrogen) atoms. The van der Waals surface area contributed by atoms with E-state index in [2.05, 4.69) is 0 Å².